The molecule has 1 aromatic carbocycles. The average molecular weight is 272 g/mol. The van der Waals surface area contributed by atoms with Crippen molar-refractivity contribution in [3.05, 3.63) is 47.0 Å². The van der Waals surface area contributed by atoms with Crippen LogP contribution in [0, 0.1) is 0 Å². The number of carbonyl (C=O) groups excluding carboxylic acids is 1. The van der Waals surface area contributed by atoms with Gasteiger partial charge in [0.2, 0.25) is 0 Å². The van der Waals surface area contributed by atoms with E-state index in [0.717, 1.165) is 13.0 Å². The summed E-state index contributed by atoms with van der Waals surface area (Å²) in [5.74, 6) is 0.260. The maximum atomic E-state index is 11.6. The van der Waals surface area contributed by atoms with Gasteiger partial charge in [0.05, 0.1) is 12.6 Å². The summed E-state index contributed by atoms with van der Waals surface area (Å²) < 4.78 is 4.88. The number of benzene rings is 1. The van der Waals surface area contributed by atoms with Crippen LogP contribution in [0.15, 0.2) is 24.3 Å². The van der Waals surface area contributed by atoms with Gasteiger partial charge in [-0.2, -0.15) is 0 Å². The number of aromatic nitrogens is 3. The van der Waals surface area contributed by atoms with E-state index >= 15 is 0 Å². The van der Waals surface area contributed by atoms with Crippen LogP contribution in [-0.2, 0) is 17.7 Å². The number of nitrogens with zero attached hydrogens (tertiary/aromatic N) is 2. The smallest absolute Gasteiger partial charge is 0.378 e. The predicted molar refractivity (Wildman–Crippen MR) is 72.1 cm³/mol. The van der Waals surface area contributed by atoms with E-state index in [1.807, 2.05) is 12.1 Å². The third-order valence-electron chi connectivity index (χ3n) is 3.37. The summed E-state index contributed by atoms with van der Waals surface area (Å²) in [7, 11) is 0. The van der Waals surface area contributed by atoms with Crippen molar-refractivity contribution >= 4 is 5.97 Å². The first-order valence-corrected chi connectivity index (χ1v) is 6.67. The number of hydrogen-bond acceptors (Lipinski definition) is 5. The molecule has 3 rings (SSSR count). The Kier molecular flexibility index (Phi) is 3.47. The summed E-state index contributed by atoms with van der Waals surface area (Å²) >= 11 is 0. The highest BCUT2D eigenvalue weighted by Crippen LogP contribution is 2.23. The fourth-order valence-electron chi connectivity index (χ4n) is 2.36. The van der Waals surface area contributed by atoms with Crippen LogP contribution in [0.1, 0.15) is 40.5 Å². The minimum atomic E-state index is -0.494. The molecule has 6 nitrogen and oxygen atoms in total. The molecular weight excluding hydrogens is 256 g/mol. The Hall–Kier alpha value is -2.21. The summed E-state index contributed by atoms with van der Waals surface area (Å²) in [6, 6.07) is 8.34. The number of fused-ring (bicyclic) bond motifs is 1. The molecule has 1 aromatic heterocycles. The van der Waals surface area contributed by atoms with Crippen LogP contribution in [0.5, 0.6) is 0 Å². The highest BCUT2D eigenvalue weighted by molar-refractivity contribution is 5.84. The molecular formula is C14H16N4O2. The molecule has 2 N–H and O–H groups in total. The Bertz CT molecular complexity index is 623. The van der Waals surface area contributed by atoms with Gasteiger partial charge in [-0.1, -0.05) is 24.3 Å². The van der Waals surface area contributed by atoms with Gasteiger partial charge in [-0.25, -0.2) is 9.78 Å². The molecule has 0 aliphatic carbocycles. The Morgan fingerprint density at radius 2 is 2.20 bits per heavy atom. The standard InChI is InChI=1S/C14H16N4O2/c1-2-20-14(19)13-16-12(17-18-13)11-7-9-5-3-4-6-10(9)8-15-11/h3-6,11,15H,2,7-8H2,1H3,(H,16,17,18)/t11-/m1/s1. The van der Waals surface area contributed by atoms with Gasteiger partial charge in [0.25, 0.3) is 5.82 Å². The van der Waals surface area contributed by atoms with Crippen molar-refractivity contribution in [1.29, 1.82) is 0 Å². The number of aromatic amines is 1. The molecule has 1 aliphatic rings. The highest BCUT2D eigenvalue weighted by Gasteiger charge is 2.23. The molecule has 1 aliphatic heterocycles. The number of esters is 1. The predicted octanol–water partition coefficient (Wildman–Crippen LogP) is 1.37. The molecule has 0 spiro atoms. The molecule has 6 heteroatoms. The van der Waals surface area contributed by atoms with Crippen LogP contribution < -0.4 is 5.32 Å². The third kappa shape index (κ3) is 2.42. The van der Waals surface area contributed by atoms with Gasteiger partial charge in [0.15, 0.2) is 0 Å². The molecule has 104 valence electrons. The lowest BCUT2D eigenvalue weighted by molar-refractivity contribution is 0.0512. The number of hydrogen-bond donors (Lipinski definition) is 2. The minimum absolute atomic E-state index is 0.0422. The number of nitrogens with one attached hydrogen (secondary N) is 2. The van der Waals surface area contributed by atoms with E-state index in [9.17, 15) is 4.79 Å². The summed E-state index contributed by atoms with van der Waals surface area (Å²) in [6.45, 7) is 2.86. The van der Waals surface area contributed by atoms with Gasteiger partial charge >= 0.3 is 5.97 Å². The summed E-state index contributed by atoms with van der Waals surface area (Å²) in [5, 5.41) is 10.1. The molecule has 0 fully saturated rings. The SMILES string of the molecule is CCOC(=O)c1n[nH]c([C@H]2Cc3ccccc3CN2)n1. The van der Waals surface area contributed by atoms with Crippen LogP contribution in [0.4, 0.5) is 0 Å². The van der Waals surface area contributed by atoms with Gasteiger partial charge < -0.3 is 10.1 Å². The van der Waals surface area contributed by atoms with Gasteiger partial charge in [-0.15, -0.1) is 5.10 Å². The van der Waals surface area contributed by atoms with Crippen molar-refractivity contribution in [3.63, 3.8) is 0 Å². The van der Waals surface area contributed by atoms with Crippen molar-refractivity contribution in [2.45, 2.75) is 25.9 Å². The van der Waals surface area contributed by atoms with Crippen LogP contribution in [-0.4, -0.2) is 27.8 Å². The zero-order valence-electron chi connectivity index (χ0n) is 11.2. The molecule has 0 bridgehead atoms. The Labute approximate surface area is 116 Å². The fraction of sp³-hybridized carbons (Fsp3) is 0.357. The second-order valence-corrected chi connectivity index (χ2v) is 4.67. The molecule has 0 saturated carbocycles. The fourth-order valence-corrected chi connectivity index (χ4v) is 2.36. The average Bonchev–Trinajstić information content (AvgIpc) is 2.97. The zero-order valence-corrected chi connectivity index (χ0v) is 11.2. The van der Waals surface area contributed by atoms with Crippen LogP contribution in [0.2, 0.25) is 0 Å². The molecule has 0 unspecified atom stereocenters. The Balaban J connectivity index is 1.77. The summed E-state index contributed by atoms with van der Waals surface area (Å²) in [6.07, 6.45) is 0.827. The van der Waals surface area contributed by atoms with Crippen molar-refractivity contribution < 1.29 is 9.53 Å². The van der Waals surface area contributed by atoms with Crippen LogP contribution in [0.3, 0.4) is 0 Å². The highest BCUT2D eigenvalue weighted by atomic mass is 16.5. The first-order valence-electron chi connectivity index (χ1n) is 6.67. The van der Waals surface area contributed by atoms with E-state index in [1.165, 1.54) is 11.1 Å². The Morgan fingerprint density at radius 1 is 1.40 bits per heavy atom. The second-order valence-electron chi connectivity index (χ2n) is 4.67. The van der Waals surface area contributed by atoms with Gasteiger partial charge in [-0.05, 0) is 24.5 Å². The third-order valence-corrected chi connectivity index (χ3v) is 3.37. The van der Waals surface area contributed by atoms with Crippen molar-refractivity contribution in [2.75, 3.05) is 6.61 Å². The largest absolute Gasteiger partial charge is 0.460 e. The van der Waals surface area contributed by atoms with E-state index < -0.39 is 5.97 Å². The minimum Gasteiger partial charge on any atom is -0.460 e. The van der Waals surface area contributed by atoms with Crippen LogP contribution in [0.25, 0.3) is 0 Å². The molecule has 2 heterocycles. The summed E-state index contributed by atoms with van der Waals surface area (Å²) in [4.78, 5) is 15.8. The molecule has 1 atom stereocenters. The maximum absolute atomic E-state index is 11.6. The molecule has 0 saturated heterocycles. The monoisotopic (exact) mass is 272 g/mol. The lowest BCUT2D eigenvalue weighted by Gasteiger charge is -2.24. The lowest BCUT2D eigenvalue weighted by atomic mass is 9.96. The first kappa shape index (κ1) is 12.8. The Morgan fingerprint density at radius 3 is 3.00 bits per heavy atom. The van der Waals surface area contributed by atoms with Crippen molar-refractivity contribution in [1.82, 2.24) is 20.5 Å². The molecule has 2 aromatic rings. The van der Waals surface area contributed by atoms with Crippen molar-refractivity contribution in [2.24, 2.45) is 0 Å². The van der Waals surface area contributed by atoms with Gasteiger partial charge in [0, 0.05) is 6.54 Å². The van der Waals surface area contributed by atoms with Gasteiger partial charge in [0.1, 0.15) is 5.82 Å². The number of rotatable bonds is 3. The van der Waals surface area contributed by atoms with Crippen LogP contribution >= 0.6 is 0 Å². The van der Waals surface area contributed by atoms with E-state index in [-0.39, 0.29) is 11.9 Å². The zero-order chi connectivity index (χ0) is 13.9. The number of carbonyl (C=O) groups is 1. The summed E-state index contributed by atoms with van der Waals surface area (Å²) in [5.41, 5.74) is 2.60. The lowest BCUT2D eigenvalue weighted by Crippen LogP contribution is -2.29. The topological polar surface area (TPSA) is 79.9 Å². The van der Waals surface area contributed by atoms with E-state index in [2.05, 4.69) is 32.6 Å². The van der Waals surface area contributed by atoms with E-state index in [4.69, 9.17) is 4.74 Å². The molecule has 20 heavy (non-hydrogen) atoms. The quantitative estimate of drug-likeness (QED) is 0.825. The van der Waals surface area contributed by atoms with E-state index in [1.54, 1.807) is 6.92 Å². The second kappa shape index (κ2) is 5.42. The molecule has 0 amide bonds. The van der Waals surface area contributed by atoms with Gasteiger partial charge in [-0.3, -0.25) is 5.10 Å². The maximum Gasteiger partial charge on any atom is 0.378 e. The molecule has 0 radical (unpaired) electrons. The number of H-pyrrole nitrogens is 1. The first-order chi connectivity index (χ1) is 9.78. The van der Waals surface area contributed by atoms with E-state index in [0.29, 0.717) is 12.4 Å². The normalized spacial score (nSPS) is 17.6. The van der Waals surface area contributed by atoms with Crippen molar-refractivity contribution in [3.8, 4) is 0 Å². The number of ether oxygens (including phenoxy) is 1.